The third kappa shape index (κ3) is 2.49. The fraction of sp³-hybridized carbons (Fsp3) is 0.250. The number of pyridine rings is 2. The van der Waals surface area contributed by atoms with Crippen molar-refractivity contribution < 1.29 is 14.3 Å². The number of fused-ring (bicyclic) bond motifs is 3. The number of hydrogen-bond acceptors (Lipinski definition) is 6. The molecular formula is C16H15N5O4. The normalized spacial score (nSPS) is 16.6. The fourth-order valence-corrected chi connectivity index (χ4v) is 2.77. The van der Waals surface area contributed by atoms with Gasteiger partial charge < -0.3 is 15.2 Å². The predicted molar refractivity (Wildman–Crippen MR) is 88.2 cm³/mol. The van der Waals surface area contributed by atoms with Gasteiger partial charge in [0.25, 0.3) is 5.91 Å². The minimum Gasteiger partial charge on any atom is -0.488 e. The molecule has 128 valence electrons. The van der Waals surface area contributed by atoms with E-state index >= 15 is 0 Å². The van der Waals surface area contributed by atoms with Gasteiger partial charge in [-0.3, -0.25) is 9.78 Å². The van der Waals surface area contributed by atoms with Crippen molar-refractivity contribution in [3.05, 3.63) is 40.4 Å². The number of nitrogens with zero attached hydrogens (tertiary/aromatic N) is 3. The second kappa shape index (κ2) is 5.62. The Morgan fingerprint density at radius 1 is 1.40 bits per heavy atom. The standard InChI is InChI=1S/C16H15N5O4/c1-8-5-7-24-15-9(13(17)22)2-3-11(19-15)21-12-10(25-8)4-6-18-14(12)20-16(21)23/h2-4,6,8H,5,7H2,1H3,(H2,17,22)(H,18,20,23)/t8-/m0/s1. The number of carbonyl (C=O) groups is 1. The zero-order valence-corrected chi connectivity index (χ0v) is 13.4. The van der Waals surface area contributed by atoms with Crippen LogP contribution in [0.1, 0.15) is 23.7 Å². The molecule has 1 aliphatic heterocycles. The molecule has 0 spiro atoms. The van der Waals surface area contributed by atoms with Gasteiger partial charge in [0.05, 0.1) is 12.7 Å². The molecule has 9 heteroatoms. The molecule has 1 atom stereocenters. The lowest BCUT2D eigenvalue weighted by Gasteiger charge is -2.15. The summed E-state index contributed by atoms with van der Waals surface area (Å²) in [6.45, 7) is 2.18. The molecule has 2 bridgehead atoms. The van der Waals surface area contributed by atoms with Crippen LogP contribution in [0.4, 0.5) is 0 Å². The van der Waals surface area contributed by atoms with Crippen molar-refractivity contribution in [2.45, 2.75) is 19.4 Å². The van der Waals surface area contributed by atoms with E-state index < -0.39 is 11.6 Å². The van der Waals surface area contributed by atoms with Crippen molar-refractivity contribution in [1.29, 1.82) is 0 Å². The highest BCUT2D eigenvalue weighted by Crippen LogP contribution is 2.27. The van der Waals surface area contributed by atoms with Gasteiger partial charge in [-0.15, -0.1) is 0 Å². The molecule has 0 unspecified atom stereocenters. The Bertz CT molecular complexity index is 1040. The van der Waals surface area contributed by atoms with Gasteiger partial charge in [0, 0.05) is 18.7 Å². The van der Waals surface area contributed by atoms with Gasteiger partial charge in [-0.2, -0.15) is 4.98 Å². The van der Waals surface area contributed by atoms with Gasteiger partial charge in [0.2, 0.25) is 5.88 Å². The summed E-state index contributed by atoms with van der Waals surface area (Å²) in [5.41, 5.74) is 5.98. The molecule has 1 aliphatic rings. The Morgan fingerprint density at radius 2 is 2.24 bits per heavy atom. The second-order valence-electron chi connectivity index (χ2n) is 5.72. The largest absolute Gasteiger partial charge is 0.488 e. The van der Waals surface area contributed by atoms with Crippen molar-refractivity contribution in [3.63, 3.8) is 0 Å². The van der Waals surface area contributed by atoms with Crippen LogP contribution in [0.2, 0.25) is 0 Å². The highest BCUT2D eigenvalue weighted by molar-refractivity contribution is 5.95. The highest BCUT2D eigenvalue weighted by Gasteiger charge is 2.21. The number of imidazole rings is 1. The van der Waals surface area contributed by atoms with Gasteiger partial charge in [0.1, 0.15) is 22.6 Å². The summed E-state index contributed by atoms with van der Waals surface area (Å²) < 4.78 is 12.9. The minimum atomic E-state index is -0.651. The number of carbonyl (C=O) groups excluding carboxylic acids is 1. The monoisotopic (exact) mass is 341 g/mol. The van der Waals surface area contributed by atoms with Crippen molar-refractivity contribution in [1.82, 2.24) is 19.5 Å². The maximum Gasteiger partial charge on any atom is 0.333 e. The smallest absolute Gasteiger partial charge is 0.333 e. The highest BCUT2D eigenvalue weighted by atomic mass is 16.5. The van der Waals surface area contributed by atoms with Crippen molar-refractivity contribution >= 4 is 17.1 Å². The summed E-state index contributed by atoms with van der Waals surface area (Å²) in [6.07, 6.45) is 1.94. The average Bonchev–Trinajstić information content (AvgIpc) is 2.90. The predicted octanol–water partition coefficient (Wildman–Crippen LogP) is 0.757. The first-order valence-corrected chi connectivity index (χ1v) is 7.75. The lowest BCUT2D eigenvalue weighted by molar-refractivity contribution is 0.0994. The first-order chi connectivity index (χ1) is 12.0. The third-order valence-corrected chi connectivity index (χ3v) is 3.97. The van der Waals surface area contributed by atoms with E-state index in [4.69, 9.17) is 15.2 Å². The maximum atomic E-state index is 12.5. The van der Waals surface area contributed by atoms with Gasteiger partial charge in [-0.25, -0.2) is 14.3 Å². The Kier molecular flexibility index (Phi) is 3.41. The fourth-order valence-electron chi connectivity index (χ4n) is 2.77. The Labute approximate surface area is 141 Å². The van der Waals surface area contributed by atoms with Crippen LogP contribution >= 0.6 is 0 Å². The summed E-state index contributed by atoms with van der Waals surface area (Å²) in [7, 11) is 0. The summed E-state index contributed by atoms with van der Waals surface area (Å²) in [5.74, 6) is 0.233. The summed E-state index contributed by atoms with van der Waals surface area (Å²) in [6, 6.07) is 4.71. The van der Waals surface area contributed by atoms with Crippen molar-refractivity contribution in [2.24, 2.45) is 5.73 Å². The molecule has 0 saturated carbocycles. The lowest BCUT2D eigenvalue weighted by Crippen LogP contribution is -2.19. The topological polar surface area (TPSA) is 125 Å². The number of primary amides is 1. The van der Waals surface area contributed by atoms with Crippen molar-refractivity contribution in [2.75, 3.05) is 6.61 Å². The molecule has 0 radical (unpaired) electrons. The first-order valence-electron chi connectivity index (χ1n) is 7.75. The van der Waals surface area contributed by atoms with Crippen LogP contribution in [0, 0.1) is 0 Å². The molecule has 3 N–H and O–H groups in total. The minimum absolute atomic E-state index is 0.0887. The number of hydrogen-bond donors (Lipinski definition) is 2. The zero-order chi connectivity index (χ0) is 17.6. The molecule has 0 aromatic carbocycles. The Hall–Kier alpha value is -3.36. The van der Waals surface area contributed by atoms with Crippen LogP contribution in [0.5, 0.6) is 11.6 Å². The SMILES string of the molecule is C[C@H]1CCOc2nc(ccc2C(N)=O)-n2c(=O)[nH]c3nccc(c32)O1. The number of amides is 1. The van der Waals surface area contributed by atoms with Gasteiger partial charge in [-0.05, 0) is 19.1 Å². The maximum absolute atomic E-state index is 12.5. The van der Waals surface area contributed by atoms with E-state index in [1.807, 2.05) is 6.92 Å². The molecule has 4 heterocycles. The van der Waals surface area contributed by atoms with E-state index in [2.05, 4.69) is 15.0 Å². The van der Waals surface area contributed by atoms with Crippen LogP contribution in [-0.2, 0) is 0 Å². The number of nitrogens with one attached hydrogen (secondary N) is 1. The average molecular weight is 341 g/mol. The molecule has 25 heavy (non-hydrogen) atoms. The first kappa shape index (κ1) is 15.2. The summed E-state index contributed by atoms with van der Waals surface area (Å²) >= 11 is 0. The molecule has 9 nitrogen and oxygen atoms in total. The number of rotatable bonds is 1. The second-order valence-corrected chi connectivity index (χ2v) is 5.72. The van der Waals surface area contributed by atoms with Gasteiger partial charge in [0.15, 0.2) is 5.65 Å². The molecule has 3 aromatic heterocycles. The van der Waals surface area contributed by atoms with Crippen LogP contribution in [0.3, 0.4) is 0 Å². The molecular weight excluding hydrogens is 326 g/mol. The number of aromatic nitrogens is 4. The van der Waals surface area contributed by atoms with E-state index in [9.17, 15) is 9.59 Å². The molecule has 3 aromatic rings. The van der Waals surface area contributed by atoms with Crippen LogP contribution < -0.4 is 20.9 Å². The summed E-state index contributed by atoms with van der Waals surface area (Å²) in [5, 5.41) is 0. The lowest BCUT2D eigenvalue weighted by atomic mass is 10.2. The van der Waals surface area contributed by atoms with Gasteiger partial charge >= 0.3 is 5.69 Å². The van der Waals surface area contributed by atoms with E-state index in [0.717, 1.165) is 0 Å². The third-order valence-electron chi connectivity index (χ3n) is 3.97. The molecule has 0 saturated heterocycles. The quantitative estimate of drug-likeness (QED) is 0.673. The Morgan fingerprint density at radius 3 is 3.04 bits per heavy atom. The molecule has 0 fully saturated rings. The Balaban J connectivity index is 2.04. The molecule has 1 amide bonds. The number of nitrogens with two attached hydrogens (primary N) is 1. The van der Waals surface area contributed by atoms with E-state index in [-0.39, 0.29) is 30.0 Å². The molecule has 0 aliphatic carbocycles. The van der Waals surface area contributed by atoms with E-state index in [0.29, 0.717) is 23.3 Å². The number of aromatic amines is 1. The number of H-pyrrole nitrogens is 1. The zero-order valence-electron chi connectivity index (χ0n) is 13.4. The van der Waals surface area contributed by atoms with Crippen LogP contribution in [-0.4, -0.2) is 38.1 Å². The van der Waals surface area contributed by atoms with E-state index in [1.54, 1.807) is 12.3 Å². The van der Waals surface area contributed by atoms with E-state index in [1.165, 1.54) is 16.7 Å². The number of ether oxygens (including phenoxy) is 2. The van der Waals surface area contributed by atoms with Crippen LogP contribution in [0.25, 0.3) is 17.0 Å². The van der Waals surface area contributed by atoms with Gasteiger partial charge in [-0.1, -0.05) is 0 Å². The van der Waals surface area contributed by atoms with Crippen molar-refractivity contribution in [3.8, 4) is 17.4 Å². The molecule has 4 rings (SSSR count). The van der Waals surface area contributed by atoms with Crippen LogP contribution in [0.15, 0.2) is 29.2 Å². The summed E-state index contributed by atoms with van der Waals surface area (Å²) in [4.78, 5) is 35.2.